The van der Waals surface area contributed by atoms with Crippen molar-refractivity contribution in [3.8, 4) is 45.5 Å². The second-order valence-electron chi connectivity index (χ2n) is 16.0. The van der Waals surface area contributed by atoms with Crippen LogP contribution in [0.5, 0.6) is 11.5 Å². The highest BCUT2D eigenvalue weighted by molar-refractivity contribution is 5.76. The predicted octanol–water partition coefficient (Wildman–Crippen LogP) is 10.3. The summed E-state index contributed by atoms with van der Waals surface area (Å²) >= 11 is 0. The second-order valence-corrected chi connectivity index (χ2v) is 16.0. The van der Waals surface area contributed by atoms with Crippen LogP contribution in [0.25, 0.3) is 34.0 Å². The lowest BCUT2D eigenvalue weighted by Gasteiger charge is -2.18. The standard InChI is InChI=1S/C52H60N2O10/c1-9-57-47(51(55)61-33(3)4)31-37-11-23-43(24-12-37)59-29-27-45-35(7)63-49(53-45)41-19-15-39(16-20-41)40-17-21-42(22-18-40)50-54-46(36(8)64-50)28-30-60-44-25-13-38(14-26-44)32-48(58-10-2)52(56)62-34(5)6/h11-26,33-34,47-48H,9-10,27-32H2,1-8H3. The first kappa shape index (κ1) is 47.2. The van der Waals surface area contributed by atoms with E-state index in [1.54, 1.807) is 0 Å². The maximum atomic E-state index is 12.4. The summed E-state index contributed by atoms with van der Waals surface area (Å²) in [5.74, 6) is 3.38. The van der Waals surface area contributed by atoms with E-state index in [-0.39, 0.29) is 24.1 Å². The number of carbonyl (C=O) groups excluding carboxylic acids is 2. The molecule has 6 rings (SSSR count). The molecule has 0 saturated carbocycles. The van der Waals surface area contributed by atoms with Crippen LogP contribution in [-0.2, 0) is 54.2 Å². The van der Waals surface area contributed by atoms with Gasteiger partial charge in [0.15, 0.2) is 12.2 Å². The molecule has 0 N–H and O–H groups in total. The Labute approximate surface area is 376 Å². The summed E-state index contributed by atoms with van der Waals surface area (Å²) in [6, 6.07) is 31.6. The number of hydrogen-bond acceptors (Lipinski definition) is 12. The third kappa shape index (κ3) is 13.4. The molecule has 0 aliphatic carbocycles. The molecule has 0 aliphatic heterocycles. The van der Waals surface area contributed by atoms with Crippen LogP contribution in [0.2, 0.25) is 0 Å². The van der Waals surface area contributed by atoms with Crippen LogP contribution in [0.3, 0.4) is 0 Å². The highest BCUT2D eigenvalue weighted by Crippen LogP contribution is 2.29. The molecule has 6 aromatic rings. The highest BCUT2D eigenvalue weighted by Gasteiger charge is 2.23. The van der Waals surface area contributed by atoms with Crippen molar-refractivity contribution in [3.63, 3.8) is 0 Å². The molecule has 0 spiro atoms. The summed E-state index contributed by atoms with van der Waals surface area (Å²) in [6.45, 7) is 16.6. The van der Waals surface area contributed by atoms with Crippen molar-refractivity contribution in [1.82, 2.24) is 9.97 Å². The van der Waals surface area contributed by atoms with Gasteiger partial charge in [-0.05, 0) is 126 Å². The first-order chi connectivity index (χ1) is 30.9. The van der Waals surface area contributed by atoms with Crippen molar-refractivity contribution in [1.29, 1.82) is 0 Å². The van der Waals surface area contributed by atoms with Gasteiger partial charge in [-0.1, -0.05) is 48.5 Å². The van der Waals surface area contributed by atoms with Crippen LogP contribution < -0.4 is 9.47 Å². The molecule has 0 fully saturated rings. The van der Waals surface area contributed by atoms with E-state index in [0.29, 0.717) is 63.9 Å². The van der Waals surface area contributed by atoms with E-state index in [0.717, 1.165) is 67.8 Å². The smallest absolute Gasteiger partial charge is 0.335 e. The topological polar surface area (TPSA) is 142 Å². The van der Waals surface area contributed by atoms with Gasteiger partial charge in [-0.3, -0.25) is 0 Å². The van der Waals surface area contributed by atoms with Crippen LogP contribution in [0.4, 0.5) is 0 Å². The maximum Gasteiger partial charge on any atom is 0.335 e. The number of rotatable bonds is 23. The van der Waals surface area contributed by atoms with E-state index in [4.69, 9.17) is 47.2 Å². The first-order valence-corrected chi connectivity index (χ1v) is 22.1. The lowest BCUT2D eigenvalue weighted by molar-refractivity contribution is -0.161. The van der Waals surface area contributed by atoms with Gasteiger partial charge < -0.3 is 37.3 Å². The number of oxazole rings is 2. The minimum atomic E-state index is -0.647. The Balaban J connectivity index is 0.968. The third-order valence-corrected chi connectivity index (χ3v) is 10.3. The Morgan fingerprint density at radius 3 is 1.19 bits per heavy atom. The second kappa shape index (κ2) is 22.9. The maximum absolute atomic E-state index is 12.4. The Morgan fingerprint density at radius 1 is 0.516 bits per heavy atom. The molecule has 64 heavy (non-hydrogen) atoms. The fourth-order valence-corrected chi connectivity index (χ4v) is 7.02. The molecule has 0 aliphatic rings. The lowest BCUT2D eigenvalue weighted by Crippen LogP contribution is -2.30. The number of carbonyl (C=O) groups is 2. The van der Waals surface area contributed by atoms with E-state index in [2.05, 4.69) is 24.3 Å². The molecule has 2 unspecified atom stereocenters. The van der Waals surface area contributed by atoms with Gasteiger partial charge in [0.25, 0.3) is 0 Å². The average Bonchev–Trinajstić information content (AvgIpc) is 3.84. The van der Waals surface area contributed by atoms with Crippen molar-refractivity contribution in [2.45, 2.75) is 105 Å². The van der Waals surface area contributed by atoms with Crippen molar-refractivity contribution in [2.75, 3.05) is 26.4 Å². The van der Waals surface area contributed by atoms with E-state index in [9.17, 15) is 9.59 Å². The molecule has 0 amide bonds. The molecule has 4 aromatic carbocycles. The Morgan fingerprint density at radius 2 is 0.859 bits per heavy atom. The first-order valence-electron chi connectivity index (χ1n) is 22.1. The molecule has 0 saturated heterocycles. The van der Waals surface area contributed by atoms with Crippen LogP contribution in [0.15, 0.2) is 106 Å². The number of esters is 2. The van der Waals surface area contributed by atoms with Gasteiger partial charge in [-0.25, -0.2) is 19.6 Å². The number of ether oxygens (including phenoxy) is 6. The summed E-state index contributed by atoms with van der Waals surface area (Å²) in [5.41, 5.74) is 7.47. The SMILES string of the molecule is CCOC(Cc1ccc(OCCc2nc(-c3ccc(-c4ccc(-c5nc(CCOc6ccc(CC(OCC)C(=O)OC(C)C)cc6)c(C)o5)cc4)cc3)oc2C)cc1)C(=O)OC(C)C. The van der Waals surface area contributed by atoms with Crippen LogP contribution in [-0.4, -0.2) is 72.7 Å². The van der Waals surface area contributed by atoms with Crippen molar-refractivity contribution >= 4 is 11.9 Å². The molecule has 2 heterocycles. The van der Waals surface area contributed by atoms with Crippen molar-refractivity contribution in [2.24, 2.45) is 0 Å². The zero-order valence-corrected chi connectivity index (χ0v) is 38.2. The van der Waals surface area contributed by atoms with E-state index in [1.165, 1.54) is 0 Å². The molecule has 0 bridgehead atoms. The summed E-state index contributed by atoms with van der Waals surface area (Å²) in [6.07, 6.45) is 0.329. The lowest BCUT2D eigenvalue weighted by atomic mass is 10.0. The Kier molecular flexibility index (Phi) is 16.9. The Bertz CT molecular complexity index is 2210. The van der Waals surface area contributed by atoms with Gasteiger partial charge in [0, 0.05) is 50.0 Å². The van der Waals surface area contributed by atoms with Gasteiger partial charge in [0.1, 0.15) is 23.0 Å². The molecule has 0 radical (unpaired) electrons. The number of nitrogens with zero attached hydrogens (tertiary/aromatic N) is 2. The minimum absolute atomic E-state index is 0.199. The van der Waals surface area contributed by atoms with Gasteiger partial charge in [0.05, 0.1) is 36.8 Å². The molecule has 12 heteroatoms. The largest absolute Gasteiger partial charge is 0.493 e. The van der Waals surface area contributed by atoms with Gasteiger partial charge in [-0.2, -0.15) is 0 Å². The van der Waals surface area contributed by atoms with E-state index in [1.807, 2.05) is 128 Å². The normalized spacial score (nSPS) is 12.3. The Hall–Kier alpha value is -6.24. The van der Waals surface area contributed by atoms with Gasteiger partial charge in [0.2, 0.25) is 11.8 Å². The number of hydrogen-bond donors (Lipinski definition) is 0. The zero-order valence-electron chi connectivity index (χ0n) is 38.2. The van der Waals surface area contributed by atoms with Crippen molar-refractivity contribution in [3.05, 3.63) is 131 Å². The average molecular weight is 873 g/mol. The molecule has 2 aromatic heterocycles. The molecule has 2 atom stereocenters. The zero-order chi connectivity index (χ0) is 45.6. The van der Waals surface area contributed by atoms with Crippen LogP contribution >= 0.6 is 0 Å². The summed E-state index contributed by atoms with van der Waals surface area (Å²) in [7, 11) is 0. The third-order valence-electron chi connectivity index (χ3n) is 10.3. The van der Waals surface area contributed by atoms with Crippen LogP contribution in [0.1, 0.15) is 75.6 Å². The van der Waals surface area contributed by atoms with Gasteiger partial charge >= 0.3 is 11.9 Å². The number of benzene rings is 4. The minimum Gasteiger partial charge on any atom is -0.493 e. The monoisotopic (exact) mass is 872 g/mol. The van der Waals surface area contributed by atoms with Crippen LogP contribution in [0, 0.1) is 13.8 Å². The fourth-order valence-electron chi connectivity index (χ4n) is 7.02. The predicted molar refractivity (Wildman–Crippen MR) is 244 cm³/mol. The quantitative estimate of drug-likeness (QED) is 0.0566. The van der Waals surface area contributed by atoms with E-state index < -0.39 is 12.2 Å². The van der Waals surface area contributed by atoms with E-state index >= 15 is 0 Å². The summed E-state index contributed by atoms with van der Waals surface area (Å²) in [4.78, 5) is 34.4. The molecular weight excluding hydrogens is 813 g/mol. The summed E-state index contributed by atoms with van der Waals surface area (Å²) < 4.78 is 46.2. The van der Waals surface area contributed by atoms with Gasteiger partial charge in [-0.15, -0.1) is 0 Å². The fraction of sp³-hybridized carbons (Fsp3) is 0.385. The summed E-state index contributed by atoms with van der Waals surface area (Å²) in [5, 5.41) is 0. The molecular formula is C52H60N2O10. The van der Waals surface area contributed by atoms with Crippen molar-refractivity contribution < 1.29 is 46.8 Å². The number of aryl methyl sites for hydroxylation is 2. The molecule has 338 valence electrons. The number of aromatic nitrogens is 2. The molecule has 12 nitrogen and oxygen atoms in total. The highest BCUT2D eigenvalue weighted by atomic mass is 16.6.